The van der Waals surface area contributed by atoms with Crippen molar-refractivity contribution < 1.29 is 5.11 Å². The topological polar surface area (TPSA) is 38.0 Å². The van der Waals surface area contributed by atoms with Crippen LogP contribution in [0.15, 0.2) is 6.07 Å². The maximum atomic E-state index is 9.04. The zero-order valence-corrected chi connectivity index (χ0v) is 7.32. The van der Waals surface area contributed by atoms with Crippen LogP contribution in [0.2, 0.25) is 0 Å². The summed E-state index contributed by atoms with van der Waals surface area (Å²) in [6.45, 7) is 2.20. The Kier molecular flexibility index (Phi) is 1.89. The van der Waals surface area contributed by atoms with Crippen LogP contribution in [0, 0.1) is 0 Å². The van der Waals surface area contributed by atoms with Crippen LogP contribution in [0.5, 0.6) is 0 Å². The van der Waals surface area contributed by atoms with Crippen molar-refractivity contribution in [2.75, 3.05) is 0 Å². The van der Waals surface area contributed by atoms with E-state index in [-0.39, 0.29) is 6.61 Å². The molecule has 0 amide bonds. The Bertz CT molecular complexity index is 276. The molecule has 1 aromatic rings. The van der Waals surface area contributed by atoms with E-state index in [1.165, 1.54) is 12.8 Å². The summed E-state index contributed by atoms with van der Waals surface area (Å²) in [5, 5.41) is 13.5. The average Bonchev–Trinajstić information content (AvgIpc) is 2.85. The summed E-state index contributed by atoms with van der Waals surface area (Å²) in [6.07, 6.45) is 3.39. The molecule has 66 valence electrons. The average molecular weight is 166 g/mol. The first-order valence-corrected chi connectivity index (χ1v) is 4.53. The molecule has 0 aliphatic heterocycles. The van der Waals surface area contributed by atoms with Gasteiger partial charge in [0, 0.05) is 0 Å². The molecule has 3 heteroatoms. The summed E-state index contributed by atoms with van der Waals surface area (Å²) >= 11 is 0. The second-order valence-corrected chi connectivity index (χ2v) is 3.31. The van der Waals surface area contributed by atoms with Crippen LogP contribution in [0.25, 0.3) is 0 Å². The normalized spacial score (nSPS) is 16.8. The highest BCUT2D eigenvalue weighted by Gasteiger charge is 2.26. The fourth-order valence-corrected chi connectivity index (χ4v) is 1.42. The Balaban J connectivity index is 2.29. The molecule has 1 fully saturated rings. The first-order valence-electron chi connectivity index (χ1n) is 4.53. The van der Waals surface area contributed by atoms with E-state index in [0.29, 0.717) is 6.04 Å². The van der Waals surface area contributed by atoms with Crippen molar-refractivity contribution in [3.05, 3.63) is 17.5 Å². The monoisotopic (exact) mass is 166 g/mol. The van der Waals surface area contributed by atoms with Crippen LogP contribution in [0.1, 0.15) is 37.2 Å². The number of aromatic nitrogens is 2. The molecule has 0 spiro atoms. The number of hydrogen-bond acceptors (Lipinski definition) is 2. The molecule has 1 aliphatic rings. The summed E-state index contributed by atoms with van der Waals surface area (Å²) < 4.78 is 1.98. The molecule has 0 atom stereocenters. The highest BCUT2D eigenvalue weighted by Crippen LogP contribution is 2.35. The summed E-state index contributed by atoms with van der Waals surface area (Å²) in [6, 6.07) is 2.57. The lowest BCUT2D eigenvalue weighted by atomic mass is 10.3. The molecule has 1 aliphatic carbocycles. The maximum absolute atomic E-state index is 9.04. The second-order valence-electron chi connectivity index (χ2n) is 3.31. The van der Waals surface area contributed by atoms with Crippen LogP contribution >= 0.6 is 0 Å². The predicted octanol–water partition coefficient (Wildman–Crippen LogP) is 1.27. The van der Waals surface area contributed by atoms with Gasteiger partial charge in [-0.25, -0.2) is 0 Å². The van der Waals surface area contributed by atoms with Crippen molar-refractivity contribution in [2.24, 2.45) is 0 Å². The van der Waals surface area contributed by atoms with Crippen molar-refractivity contribution in [1.29, 1.82) is 0 Å². The molecule has 1 saturated carbocycles. The number of aliphatic hydroxyl groups excluding tert-OH is 1. The van der Waals surface area contributed by atoms with Gasteiger partial charge in [0.05, 0.1) is 24.0 Å². The van der Waals surface area contributed by atoms with Crippen molar-refractivity contribution in [2.45, 2.75) is 38.8 Å². The van der Waals surface area contributed by atoms with E-state index in [2.05, 4.69) is 12.0 Å². The Hall–Kier alpha value is -0.830. The fourth-order valence-electron chi connectivity index (χ4n) is 1.42. The molecule has 1 heterocycles. The highest BCUT2D eigenvalue weighted by molar-refractivity contribution is 5.11. The summed E-state index contributed by atoms with van der Waals surface area (Å²) in [4.78, 5) is 0. The largest absolute Gasteiger partial charge is 0.390 e. The lowest BCUT2D eigenvalue weighted by Gasteiger charge is -2.00. The minimum Gasteiger partial charge on any atom is -0.390 e. The molecule has 0 bridgehead atoms. The van der Waals surface area contributed by atoms with Gasteiger partial charge in [0.25, 0.3) is 0 Å². The van der Waals surface area contributed by atoms with E-state index < -0.39 is 0 Å². The quantitative estimate of drug-likeness (QED) is 0.734. The van der Waals surface area contributed by atoms with Gasteiger partial charge in [-0.05, 0) is 25.3 Å². The third-order valence-corrected chi connectivity index (χ3v) is 2.28. The van der Waals surface area contributed by atoms with E-state index in [1.807, 2.05) is 10.7 Å². The predicted molar refractivity (Wildman–Crippen MR) is 45.8 cm³/mol. The molecule has 0 aromatic carbocycles. The summed E-state index contributed by atoms with van der Waals surface area (Å²) in [5.41, 5.74) is 2.06. The lowest BCUT2D eigenvalue weighted by molar-refractivity contribution is 0.268. The first kappa shape index (κ1) is 7.80. The van der Waals surface area contributed by atoms with Gasteiger partial charge in [-0.1, -0.05) is 6.92 Å². The van der Waals surface area contributed by atoms with Crippen LogP contribution < -0.4 is 0 Å². The minimum atomic E-state index is 0.115. The number of hydrogen-bond donors (Lipinski definition) is 1. The molecule has 1 N–H and O–H groups in total. The van der Waals surface area contributed by atoms with Crippen LogP contribution in [0.3, 0.4) is 0 Å². The zero-order chi connectivity index (χ0) is 8.55. The zero-order valence-electron chi connectivity index (χ0n) is 7.32. The van der Waals surface area contributed by atoms with E-state index >= 15 is 0 Å². The Morgan fingerprint density at radius 1 is 1.67 bits per heavy atom. The van der Waals surface area contributed by atoms with Gasteiger partial charge in [0.15, 0.2) is 0 Å². The third kappa shape index (κ3) is 1.25. The fraction of sp³-hybridized carbons (Fsp3) is 0.667. The standard InChI is InChI=1S/C9H14N2O/c1-2-7-5-9(6-12)11(10-7)8-3-4-8/h5,8,12H,2-4,6H2,1H3. The molecule has 0 saturated heterocycles. The molecule has 2 rings (SSSR count). The van der Waals surface area contributed by atoms with Gasteiger partial charge in [0.2, 0.25) is 0 Å². The van der Waals surface area contributed by atoms with Crippen LogP contribution in [-0.4, -0.2) is 14.9 Å². The third-order valence-electron chi connectivity index (χ3n) is 2.28. The Labute approximate surface area is 72.0 Å². The number of aliphatic hydroxyl groups is 1. The van der Waals surface area contributed by atoms with Gasteiger partial charge in [-0.2, -0.15) is 5.10 Å². The van der Waals surface area contributed by atoms with Gasteiger partial charge >= 0.3 is 0 Å². The molecule has 1 aromatic heterocycles. The van der Waals surface area contributed by atoms with Gasteiger partial charge in [0.1, 0.15) is 0 Å². The number of aryl methyl sites for hydroxylation is 1. The Morgan fingerprint density at radius 3 is 2.92 bits per heavy atom. The molecular formula is C9H14N2O. The first-order chi connectivity index (χ1) is 5.85. The van der Waals surface area contributed by atoms with Gasteiger partial charge < -0.3 is 5.11 Å². The van der Waals surface area contributed by atoms with Crippen molar-refractivity contribution in [3.8, 4) is 0 Å². The van der Waals surface area contributed by atoms with E-state index in [0.717, 1.165) is 17.8 Å². The maximum Gasteiger partial charge on any atom is 0.0850 e. The summed E-state index contributed by atoms with van der Waals surface area (Å²) in [5.74, 6) is 0. The van der Waals surface area contributed by atoms with Gasteiger partial charge in [-0.15, -0.1) is 0 Å². The molecule has 0 radical (unpaired) electrons. The van der Waals surface area contributed by atoms with Gasteiger partial charge in [-0.3, -0.25) is 4.68 Å². The SMILES string of the molecule is CCc1cc(CO)n(C2CC2)n1. The molecule has 0 unspecified atom stereocenters. The molecule has 3 nitrogen and oxygen atoms in total. The lowest BCUT2D eigenvalue weighted by Crippen LogP contribution is -2.02. The smallest absolute Gasteiger partial charge is 0.0850 e. The number of rotatable bonds is 3. The molecule has 12 heavy (non-hydrogen) atoms. The van der Waals surface area contributed by atoms with E-state index in [4.69, 9.17) is 5.11 Å². The van der Waals surface area contributed by atoms with Crippen molar-refractivity contribution in [1.82, 2.24) is 9.78 Å². The summed E-state index contributed by atoms with van der Waals surface area (Å²) in [7, 11) is 0. The molecular weight excluding hydrogens is 152 g/mol. The highest BCUT2D eigenvalue weighted by atomic mass is 16.3. The van der Waals surface area contributed by atoms with Crippen LogP contribution in [0.4, 0.5) is 0 Å². The van der Waals surface area contributed by atoms with E-state index in [9.17, 15) is 0 Å². The second kappa shape index (κ2) is 2.90. The van der Waals surface area contributed by atoms with Crippen LogP contribution in [-0.2, 0) is 13.0 Å². The van der Waals surface area contributed by atoms with Crippen molar-refractivity contribution >= 4 is 0 Å². The van der Waals surface area contributed by atoms with Crippen molar-refractivity contribution in [3.63, 3.8) is 0 Å². The Morgan fingerprint density at radius 2 is 2.42 bits per heavy atom. The number of nitrogens with zero attached hydrogens (tertiary/aromatic N) is 2. The minimum absolute atomic E-state index is 0.115. The van der Waals surface area contributed by atoms with E-state index in [1.54, 1.807) is 0 Å².